The summed E-state index contributed by atoms with van der Waals surface area (Å²) in [5.41, 5.74) is 1.69. The number of hydrogen-bond acceptors (Lipinski definition) is 3. The molecule has 1 N–H and O–H groups in total. The van der Waals surface area contributed by atoms with E-state index in [0.29, 0.717) is 17.8 Å². The number of halogens is 2. The number of hydrogen-bond donors (Lipinski definition) is 1. The van der Waals surface area contributed by atoms with Gasteiger partial charge >= 0.3 is 0 Å². The zero-order valence-electron chi connectivity index (χ0n) is 12.9. The first-order valence-corrected chi connectivity index (χ1v) is 7.27. The van der Waals surface area contributed by atoms with E-state index >= 15 is 0 Å². The molecule has 120 valence electrons. The summed E-state index contributed by atoms with van der Waals surface area (Å²) in [4.78, 5) is 2.06. The van der Waals surface area contributed by atoms with E-state index in [-0.39, 0.29) is 6.04 Å². The van der Waals surface area contributed by atoms with Crippen molar-refractivity contribution in [2.45, 2.75) is 19.5 Å². The number of aromatic amines is 1. The fourth-order valence-corrected chi connectivity index (χ4v) is 2.51. The van der Waals surface area contributed by atoms with E-state index < -0.39 is 11.6 Å². The van der Waals surface area contributed by atoms with Crippen molar-refractivity contribution in [2.24, 2.45) is 0 Å². The molecule has 0 amide bonds. The Hall–Kier alpha value is -2.47. The van der Waals surface area contributed by atoms with Gasteiger partial charge in [-0.1, -0.05) is 0 Å². The highest BCUT2D eigenvalue weighted by Gasteiger charge is 2.18. The summed E-state index contributed by atoms with van der Waals surface area (Å²) >= 11 is 0. The molecule has 2 heterocycles. The van der Waals surface area contributed by atoms with Gasteiger partial charge in [0.1, 0.15) is 17.4 Å². The van der Waals surface area contributed by atoms with Crippen LogP contribution in [0.25, 0.3) is 11.3 Å². The Bertz CT molecular complexity index is 783. The van der Waals surface area contributed by atoms with Crippen molar-refractivity contribution < 1.29 is 13.2 Å². The maximum Gasteiger partial charge on any atom is 0.135 e. The van der Waals surface area contributed by atoms with Crippen molar-refractivity contribution in [3.63, 3.8) is 0 Å². The average Bonchev–Trinajstić information content (AvgIpc) is 3.18. The molecule has 1 aromatic carbocycles. The Labute approximate surface area is 132 Å². The summed E-state index contributed by atoms with van der Waals surface area (Å²) in [5, 5.41) is 6.80. The highest BCUT2D eigenvalue weighted by atomic mass is 19.1. The standard InChI is InChI=1S/C17H17F2N3O/c1-11(16-4-3-7-23-16)22(2)10-12-9-20-21-17(12)14-6-5-13(18)8-15(14)19/h3-9,11H,10H2,1-2H3,(H,20,21)/t11-/m1/s1. The topological polar surface area (TPSA) is 45.1 Å². The van der Waals surface area contributed by atoms with Crippen molar-refractivity contribution in [3.05, 3.63) is 65.7 Å². The average molecular weight is 317 g/mol. The molecule has 3 rings (SSSR count). The van der Waals surface area contributed by atoms with Crippen LogP contribution in [-0.4, -0.2) is 22.1 Å². The van der Waals surface area contributed by atoms with Crippen molar-refractivity contribution >= 4 is 0 Å². The monoisotopic (exact) mass is 317 g/mol. The molecule has 0 bridgehead atoms. The van der Waals surface area contributed by atoms with Gasteiger partial charge in [-0.05, 0) is 38.2 Å². The molecule has 0 aliphatic rings. The molecule has 0 aliphatic carbocycles. The second-order valence-electron chi connectivity index (χ2n) is 5.50. The van der Waals surface area contributed by atoms with Crippen LogP contribution in [0, 0.1) is 11.6 Å². The highest BCUT2D eigenvalue weighted by Crippen LogP contribution is 2.27. The number of H-pyrrole nitrogens is 1. The largest absolute Gasteiger partial charge is 0.468 e. The van der Waals surface area contributed by atoms with Gasteiger partial charge in [0.25, 0.3) is 0 Å². The predicted molar refractivity (Wildman–Crippen MR) is 82.5 cm³/mol. The molecule has 0 radical (unpaired) electrons. The molecule has 1 atom stereocenters. The number of furan rings is 1. The van der Waals surface area contributed by atoms with Gasteiger partial charge in [0.15, 0.2) is 0 Å². The molecule has 2 aromatic heterocycles. The molecule has 4 nitrogen and oxygen atoms in total. The Kier molecular flexibility index (Phi) is 4.25. The molecular formula is C17H17F2N3O. The third kappa shape index (κ3) is 3.17. The van der Waals surface area contributed by atoms with E-state index in [1.54, 1.807) is 12.5 Å². The van der Waals surface area contributed by atoms with Crippen molar-refractivity contribution in [1.29, 1.82) is 0 Å². The molecule has 0 saturated carbocycles. The van der Waals surface area contributed by atoms with E-state index in [4.69, 9.17) is 4.42 Å². The predicted octanol–water partition coefficient (Wildman–Crippen LogP) is 4.14. The van der Waals surface area contributed by atoms with Crippen LogP contribution in [0.5, 0.6) is 0 Å². The molecular weight excluding hydrogens is 300 g/mol. The molecule has 3 aromatic rings. The lowest BCUT2D eigenvalue weighted by atomic mass is 10.1. The van der Waals surface area contributed by atoms with Gasteiger partial charge < -0.3 is 4.42 Å². The van der Waals surface area contributed by atoms with Crippen molar-refractivity contribution in [3.8, 4) is 11.3 Å². The molecule has 0 fully saturated rings. The smallest absolute Gasteiger partial charge is 0.135 e. The molecule has 0 saturated heterocycles. The Morgan fingerprint density at radius 2 is 2.13 bits per heavy atom. The van der Waals surface area contributed by atoms with Crippen molar-refractivity contribution in [2.75, 3.05) is 7.05 Å². The Morgan fingerprint density at radius 3 is 2.83 bits per heavy atom. The highest BCUT2D eigenvalue weighted by molar-refractivity contribution is 5.63. The van der Waals surface area contributed by atoms with Crippen LogP contribution in [0.15, 0.2) is 47.2 Å². The van der Waals surface area contributed by atoms with Crippen LogP contribution >= 0.6 is 0 Å². The zero-order chi connectivity index (χ0) is 16.4. The quantitative estimate of drug-likeness (QED) is 0.769. The van der Waals surface area contributed by atoms with Gasteiger partial charge in [-0.25, -0.2) is 8.78 Å². The number of nitrogens with one attached hydrogen (secondary N) is 1. The Morgan fingerprint density at radius 1 is 1.30 bits per heavy atom. The van der Waals surface area contributed by atoms with Gasteiger partial charge in [0.05, 0.1) is 24.2 Å². The van der Waals surface area contributed by atoms with E-state index in [1.165, 1.54) is 12.1 Å². The van der Waals surface area contributed by atoms with Crippen LogP contribution in [0.3, 0.4) is 0 Å². The lowest BCUT2D eigenvalue weighted by Gasteiger charge is -2.22. The molecule has 0 spiro atoms. The number of aromatic nitrogens is 2. The summed E-state index contributed by atoms with van der Waals surface area (Å²) in [7, 11) is 1.95. The summed E-state index contributed by atoms with van der Waals surface area (Å²) in [6.45, 7) is 2.57. The van der Waals surface area contributed by atoms with Gasteiger partial charge in [0.2, 0.25) is 0 Å². The van der Waals surface area contributed by atoms with Gasteiger partial charge in [0, 0.05) is 23.7 Å². The maximum absolute atomic E-state index is 14.0. The lowest BCUT2D eigenvalue weighted by molar-refractivity contribution is 0.223. The molecule has 0 aliphatic heterocycles. The van der Waals surface area contributed by atoms with Crippen LogP contribution in [0.2, 0.25) is 0 Å². The van der Waals surface area contributed by atoms with Gasteiger partial charge in [-0.3, -0.25) is 10.00 Å². The van der Waals surface area contributed by atoms with E-state index in [1.807, 2.05) is 26.1 Å². The minimum Gasteiger partial charge on any atom is -0.468 e. The molecule has 23 heavy (non-hydrogen) atoms. The number of rotatable bonds is 5. The number of nitrogens with zero attached hydrogens (tertiary/aromatic N) is 2. The van der Waals surface area contributed by atoms with Crippen molar-refractivity contribution in [1.82, 2.24) is 15.1 Å². The fraction of sp³-hybridized carbons (Fsp3) is 0.235. The third-order valence-corrected chi connectivity index (χ3v) is 3.95. The summed E-state index contributed by atoms with van der Waals surface area (Å²) < 4.78 is 32.5. The van der Waals surface area contributed by atoms with Crippen LogP contribution in [0.1, 0.15) is 24.3 Å². The molecule has 6 heteroatoms. The first kappa shape index (κ1) is 15.4. The SMILES string of the molecule is C[C@H](c1ccco1)N(C)Cc1cn[nH]c1-c1ccc(F)cc1F. The first-order valence-electron chi connectivity index (χ1n) is 7.27. The van der Waals surface area contributed by atoms with E-state index in [0.717, 1.165) is 17.4 Å². The van der Waals surface area contributed by atoms with Crippen LogP contribution < -0.4 is 0 Å². The minimum atomic E-state index is -0.614. The summed E-state index contributed by atoms with van der Waals surface area (Å²) in [6.07, 6.45) is 3.29. The lowest BCUT2D eigenvalue weighted by Crippen LogP contribution is -2.21. The van der Waals surface area contributed by atoms with Gasteiger partial charge in [-0.2, -0.15) is 5.10 Å². The second-order valence-corrected chi connectivity index (χ2v) is 5.50. The van der Waals surface area contributed by atoms with Crippen LogP contribution in [-0.2, 0) is 6.54 Å². The molecule has 0 unspecified atom stereocenters. The normalized spacial score (nSPS) is 12.7. The summed E-state index contributed by atoms with van der Waals surface area (Å²) in [5.74, 6) is -0.362. The Balaban J connectivity index is 1.84. The third-order valence-electron chi connectivity index (χ3n) is 3.95. The maximum atomic E-state index is 14.0. The second kappa shape index (κ2) is 6.34. The number of benzene rings is 1. The fourth-order valence-electron chi connectivity index (χ4n) is 2.51. The van der Waals surface area contributed by atoms with Gasteiger partial charge in [-0.15, -0.1) is 0 Å². The zero-order valence-corrected chi connectivity index (χ0v) is 12.9. The van der Waals surface area contributed by atoms with Crippen LogP contribution in [0.4, 0.5) is 8.78 Å². The van der Waals surface area contributed by atoms with E-state index in [9.17, 15) is 8.78 Å². The minimum absolute atomic E-state index is 0.0609. The first-order chi connectivity index (χ1) is 11.1. The van der Waals surface area contributed by atoms with E-state index in [2.05, 4.69) is 15.1 Å². The summed E-state index contributed by atoms with van der Waals surface area (Å²) in [6, 6.07) is 7.34.